The second-order valence-corrected chi connectivity index (χ2v) is 4.67. The van der Waals surface area contributed by atoms with Crippen LogP contribution < -0.4 is 10.5 Å². The average molecular weight is 223 g/mol. The third-order valence-corrected chi connectivity index (χ3v) is 3.45. The predicted molar refractivity (Wildman–Crippen MR) is 64.3 cm³/mol. The molecular formula is C12H21N3O. The van der Waals surface area contributed by atoms with Crippen LogP contribution >= 0.6 is 0 Å². The molecule has 1 aliphatic rings. The highest BCUT2D eigenvalue weighted by molar-refractivity contribution is 5.45. The third-order valence-electron chi connectivity index (χ3n) is 3.45. The first-order chi connectivity index (χ1) is 7.70. The van der Waals surface area contributed by atoms with E-state index in [-0.39, 0.29) is 0 Å². The molecule has 2 N–H and O–H groups in total. The highest BCUT2D eigenvalue weighted by Gasteiger charge is 2.26. The number of aryl methyl sites for hydroxylation is 1. The molecule has 4 nitrogen and oxygen atoms in total. The van der Waals surface area contributed by atoms with Crippen LogP contribution in [0.25, 0.3) is 0 Å². The monoisotopic (exact) mass is 223 g/mol. The SMILES string of the molecule is CCC1CCCCC1Oc1nn(C)cc1N. The maximum Gasteiger partial charge on any atom is 0.256 e. The van der Waals surface area contributed by atoms with Crippen molar-refractivity contribution in [3.05, 3.63) is 6.20 Å². The van der Waals surface area contributed by atoms with Crippen LogP contribution in [0.3, 0.4) is 0 Å². The van der Waals surface area contributed by atoms with Gasteiger partial charge in [-0.25, -0.2) is 0 Å². The molecule has 1 saturated carbocycles. The summed E-state index contributed by atoms with van der Waals surface area (Å²) >= 11 is 0. The van der Waals surface area contributed by atoms with Gasteiger partial charge in [-0.1, -0.05) is 13.3 Å². The minimum absolute atomic E-state index is 0.302. The van der Waals surface area contributed by atoms with E-state index >= 15 is 0 Å². The van der Waals surface area contributed by atoms with E-state index in [1.807, 2.05) is 7.05 Å². The molecule has 0 aromatic carbocycles. The summed E-state index contributed by atoms with van der Waals surface area (Å²) in [5.41, 5.74) is 6.48. The smallest absolute Gasteiger partial charge is 0.256 e. The van der Waals surface area contributed by atoms with Crippen LogP contribution in [0.1, 0.15) is 39.0 Å². The third kappa shape index (κ3) is 2.31. The van der Waals surface area contributed by atoms with Crippen LogP contribution in [0.4, 0.5) is 5.69 Å². The minimum Gasteiger partial charge on any atom is -0.472 e. The lowest BCUT2D eigenvalue weighted by atomic mass is 9.85. The fourth-order valence-electron chi connectivity index (χ4n) is 2.52. The number of nitrogen functional groups attached to an aromatic ring is 1. The van der Waals surface area contributed by atoms with Gasteiger partial charge in [0.25, 0.3) is 5.88 Å². The van der Waals surface area contributed by atoms with Crippen molar-refractivity contribution >= 4 is 5.69 Å². The Morgan fingerprint density at radius 2 is 2.25 bits per heavy atom. The van der Waals surface area contributed by atoms with Gasteiger partial charge >= 0.3 is 0 Å². The van der Waals surface area contributed by atoms with Crippen molar-refractivity contribution in [2.45, 2.75) is 45.1 Å². The summed E-state index contributed by atoms with van der Waals surface area (Å²) in [6, 6.07) is 0. The summed E-state index contributed by atoms with van der Waals surface area (Å²) in [5.74, 6) is 1.27. The first-order valence-electron chi connectivity index (χ1n) is 6.16. The van der Waals surface area contributed by atoms with Gasteiger partial charge in [-0.2, -0.15) is 0 Å². The van der Waals surface area contributed by atoms with Gasteiger partial charge in [0.1, 0.15) is 11.8 Å². The van der Waals surface area contributed by atoms with E-state index in [4.69, 9.17) is 10.5 Å². The van der Waals surface area contributed by atoms with Crippen LogP contribution in [0.5, 0.6) is 5.88 Å². The largest absolute Gasteiger partial charge is 0.472 e. The zero-order chi connectivity index (χ0) is 11.5. The van der Waals surface area contributed by atoms with Gasteiger partial charge < -0.3 is 10.5 Å². The molecule has 1 aliphatic carbocycles. The molecule has 1 fully saturated rings. The van der Waals surface area contributed by atoms with E-state index in [2.05, 4.69) is 12.0 Å². The molecule has 2 atom stereocenters. The van der Waals surface area contributed by atoms with Crippen molar-refractivity contribution in [3.63, 3.8) is 0 Å². The maximum atomic E-state index is 5.95. The van der Waals surface area contributed by atoms with Gasteiger partial charge in [-0.3, -0.25) is 4.68 Å². The number of anilines is 1. The van der Waals surface area contributed by atoms with E-state index in [1.165, 1.54) is 25.7 Å². The van der Waals surface area contributed by atoms with Crippen LogP contribution in [-0.2, 0) is 7.05 Å². The van der Waals surface area contributed by atoms with E-state index < -0.39 is 0 Å². The van der Waals surface area contributed by atoms with E-state index in [0.29, 0.717) is 23.6 Å². The number of ether oxygens (including phenoxy) is 1. The normalized spacial score (nSPS) is 25.6. The Morgan fingerprint density at radius 1 is 1.50 bits per heavy atom. The molecule has 0 radical (unpaired) electrons. The standard InChI is InChI=1S/C12H21N3O/c1-3-9-6-4-5-7-11(9)16-12-10(13)8-15(2)14-12/h8-9,11H,3-7,13H2,1-2H3. The number of aromatic nitrogens is 2. The molecule has 1 heterocycles. The van der Waals surface area contributed by atoms with Gasteiger partial charge in [0, 0.05) is 7.05 Å². The van der Waals surface area contributed by atoms with E-state index in [1.54, 1.807) is 10.9 Å². The molecule has 1 aromatic rings. The van der Waals surface area contributed by atoms with Gasteiger partial charge in [0.2, 0.25) is 0 Å². The van der Waals surface area contributed by atoms with E-state index in [9.17, 15) is 0 Å². The average Bonchev–Trinajstić information content (AvgIpc) is 2.58. The lowest BCUT2D eigenvalue weighted by Gasteiger charge is -2.30. The number of nitrogens with zero attached hydrogens (tertiary/aromatic N) is 2. The molecule has 2 unspecified atom stereocenters. The second kappa shape index (κ2) is 4.76. The number of rotatable bonds is 3. The molecular weight excluding hydrogens is 202 g/mol. The van der Waals surface area contributed by atoms with Crippen molar-refractivity contribution < 1.29 is 4.74 Å². The molecule has 0 aliphatic heterocycles. The Kier molecular flexibility index (Phi) is 3.36. The van der Waals surface area contributed by atoms with Crippen molar-refractivity contribution in [2.75, 3.05) is 5.73 Å². The molecule has 0 amide bonds. The highest BCUT2D eigenvalue weighted by Crippen LogP contribution is 2.31. The van der Waals surface area contributed by atoms with Crippen molar-refractivity contribution in [1.29, 1.82) is 0 Å². The number of hydrogen-bond donors (Lipinski definition) is 1. The molecule has 16 heavy (non-hydrogen) atoms. The Hall–Kier alpha value is -1.19. The molecule has 0 bridgehead atoms. The topological polar surface area (TPSA) is 53.1 Å². The summed E-state index contributed by atoms with van der Waals surface area (Å²) in [6.45, 7) is 2.23. The Bertz CT molecular complexity index is 348. The summed E-state index contributed by atoms with van der Waals surface area (Å²) in [5, 5.41) is 4.24. The van der Waals surface area contributed by atoms with Crippen LogP contribution in [-0.4, -0.2) is 15.9 Å². The van der Waals surface area contributed by atoms with E-state index in [0.717, 1.165) is 6.42 Å². The van der Waals surface area contributed by atoms with Crippen molar-refractivity contribution in [1.82, 2.24) is 9.78 Å². The van der Waals surface area contributed by atoms with Crippen LogP contribution in [0.2, 0.25) is 0 Å². The predicted octanol–water partition coefficient (Wildman–Crippen LogP) is 2.35. The number of hydrogen-bond acceptors (Lipinski definition) is 3. The molecule has 4 heteroatoms. The number of nitrogens with two attached hydrogens (primary N) is 1. The summed E-state index contributed by atoms with van der Waals surface area (Å²) in [4.78, 5) is 0. The van der Waals surface area contributed by atoms with Crippen molar-refractivity contribution in [2.24, 2.45) is 13.0 Å². The molecule has 2 rings (SSSR count). The molecule has 1 aromatic heterocycles. The molecule has 0 spiro atoms. The fourth-order valence-corrected chi connectivity index (χ4v) is 2.52. The zero-order valence-electron chi connectivity index (χ0n) is 10.1. The van der Waals surface area contributed by atoms with Gasteiger partial charge in [0.05, 0.1) is 6.20 Å². The lowest BCUT2D eigenvalue weighted by molar-refractivity contribution is 0.0859. The first-order valence-corrected chi connectivity index (χ1v) is 6.16. The summed E-state index contributed by atoms with van der Waals surface area (Å²) < 4.78 is 7.66. The van der Waals surface area contributed by atoms with Crippen LogP contribution in [0, 0.1) is 5.92 Å². The summed E-state index contributed by atoms with van der Waals surface area (Å²) in [6.07, 6.45) is 8.26. The second-order valence-electron chi connectivity index (χ2n) is 4.67. The van der Waals surface area contributed by atoms with Gasteiger partial charge in [-0.05, 0) is 31.6 Å². The maximum absolute atomic E-state index is 5.95. The Labute approximate surface area is 96.8 Å². The molecule has 0 saturated heterocycles. The van der Waals surface area contributed by atoms with Crippen molar-refractivity contribution in [3.8, 4) is 5.88 Å². The highest BCUT2D eigenvalue weighted by atomic mass is 16.5. The van der Waals surface area contributed by atoms with Gasteiger partial charge in [0.15, 0.2) is 0 Å². The Balaban J connectivity index is 2.04. The Morgan fingerprint density at radius 3 is 2.88 bits per heavy atom. The molecule has 90 valence electrons. The zero-order valence-corrected chi connectivity index (χ0v) is 10.1. The van der Waals surface area contributed by atoms with Gasteiger partial charge in [-0.15, -0.1) is 5.10 Å². The van der Waals surface area contributed by atoms with Crippen LogP contribution in [0.15, 0.2) is 6.20 Å². The first kappa shape index (κ1) is 11.3. The quantitative estimate of drug-likeness (QED) is 0.855. The summed E-state index contributed by atoms with van der Waals surface area (Å²) in [7, 11) is 1.86. The fraction of sp³-hybridized carbons (Fsp3) is 0.750. The lowest BCUT2D eigenvalue weighted by Crippen LogP contribution is -2.30. The minimum atomic E-state index is 0.302.